The van der Waals surface area contributed by atoms with Crippen molar-refractivity contribution in [2.24, 2.45) is 0 Å². The fourth-order valence-electron chi connectivity index (χ4n) is 2.40. The van der Waals surface area contributed by atoms with Gasteiger partial charge in [0.1, 0.15) is 5.15 Å². The lowest BCUT2D eigenvalue weighted by Crippen LogP contribution is -2.40. The van der Waals surface area contributed by atoms with E-state index < -0.39 is 0 Å². The van der Waals surface area contributed by atoms with Crippen LogP contribution in [0.2, 0.25) is 5.15 Å². The van der Waals surface area contributed by atoms with Crippen LogP contribution in [-0.4, -0.2) is 41.5 Å². The number of aromatic nitrogens is 1. The summed E-state index contributed by atoms with van der Waals surface area (Å²) in [5, 5.41) is 3.20. The molecule has 1 aliphatic heterocycles. The average Bonchev–Trinajstić information content (AvgIpc) is 2.84. The van der Waals surface area contributed by atoms with E-state index in [-0.39, 0.29) is 11.1 Å². The number of nitrogens with one attached hydrogen (secondary N) is 1. The number of halogens is 1. The quantitative estimate of drug-likeness (QED) is 0.848. The molecule has 1 unspecified atom stereocenters. The molecule has 1 N–H and O–H groups in total. The summed E-state index contributed by atoms with van der Waals surface area (Å²) in [5.74, 6) is -0.143. The molecule has 4 nitrogen and oxygen atoms in total. The first-order chi connectivity index (χ1) is 8.72. The van der Waals surface area contributed by atoms with Gasteiger partial charge in [-0.3, -0.25) is 9.69 Å². The molecule has 0 bridgehead atoms. The summed E-state index contributed by atoms with van der Waals surface area (Å²) in [6.07, 6.45) is 3.94. The van der Waals surface area contributed by atoms with Crippen molar-refractivity contribution in [1.29, 1.82) is 0 Å². The van der Waals surface area contributed by atoms with Gasteiger partial charge in [0.05, 0.1) is 5.56 Å². The van der Waals surface area contributed by atoms with E-state index >= 15 is 0 Å². The molecule has 0 spiro atoms. The molecule has 0 saturated carbocycles. The monoisotopic (exact) mass is 267 g/mol. The molecule has 1 fully saturated rings. The number of likely N-dealkylation sites (tertiary alicyclic amines) is 1. The van der Waals surface area contributed by atoms with Crippen LogP contribution < -0.4 is 5.32 Å². The molecule has 98 valence electrons. The van der Waals surface area contributed by atoms with Gasteiger partial charge in [0.2, 0.25) is 0 Å². The van der Waals surface area contributed by atoms with E-state index in [1.807, 2.05) is 0 Å². The van der Waals surface area contributed by atoms with Crippen LogP contribution in [0.15, 0.2) is 18.3 Å². The van der Waals surface area contributed by atoms with Crippen molar-refractivity contribution >= 4 is 17.5 Å². The van der Waals surface area contributed by atoms with Gasteiger partial charge in [-0.05, 0) is 38.1 Å². The predicted octanol–water partition coefficient (Wildman–Crippen LogP) is 1.95. The van der Waals surface area contributed by atoms with Crippen molar-refractivity contribution in [3.05, 3.63) is 29.0 Å². The number of nitrogens with zero attached hydrogens (tertiary/aromatic N) is 2. The molecule has 1 atom stereocenters. The summed E-state index contributed by atoms with van der Waals surface area (Å²) in [7, 11) is 0. The van der Waals surface area contributed by atoms with Gasteiger partial charge in [-0.25, -0.2) is 4.98 Å². The van der Waals surface area contributed by atoms with E-state index in [4.69, 9.17) is 11.6 Å². The summed E-state index contributed by atoms with van der Waals surface area (Å²) in [6, 6.07) is 3.86. The Balaban J connectivity index is 1.91. The first kappa shape index (κ1) is 13.3. The summed E-state index contributed by atoms with van der Waals surface area (Å²) < 4.78 is 0. The molecule has 1 aromatic rings. The molecule has 0 aliphatic carbocycles. The van der Waals surface area contributed by atoms with Gasteiger partial charge in [0.15, 0.2) is 0 Å². The van der Waals surface area contributed by atoms with Gasteiger partial charge >= 0.3 is 0 Å². The van der Waals surface area contributed by atoms with Crippen molar-refractivity contribution in [3.63, 3.8) is 0 Å². The average molecular weight is 268 g/mol. The Labute approximate surface area is 112 Å². The standard InChI is InChI=1S/C13H18ClN3O/c1-2-17-8-4-5-10(17)9-16-13(18)11-6-3-7-15-12(11)14/h3,6-7,10H,2,4-5,8-9H2,1H3,(H,16,18). The van der Waals surface area contributed by atoms with Crippen molar-refractivity contribution in [2.45, 2.75) is 25.8 Å². The van der Waals surface area contributed by atoms with E-state index in [1.54, 1.807) is 18.3 Å². The van der Waals surface area contributed by atoms with Crippen LogP contribution in [0.25, 0.3) is 0 Å². The van der Waals surface area contributed by atoms with Gasteiger partial charge in [0, 0.05) is 18.8 Å². The smallest absolute Gasteiger partial charge is 0.254 e. The number of hydrogen-bond acceptors (Lipinski definition) is 3. The second-order valence-corrected chi connectivity index (χ2v) is 4.83. The Bertz CT molecular complexity index is 424. The van der Waals surface area contributed by atoms with E-state index in [0.29, 0.717) is 18.2 Å². The maximum atomic E-state index is 12.0. The summed E-state index contributed by atoms with van der Waals surface area (Å²) in [6.45, 7) is 4.99. The van der Waals surface area contributed by atoms with Crippen LogP contribution in [0.5, 0.6) is 0 Å². The molecule has 0 aromatic carbocycles. The molecule has 2 heterocycles. The summed E-state index contributed by atoms with van der Waals surface area (Å²) in [4.78, 5) is 18.3. The molecule has 1 saturated heterocycles. The normalized spacial score (nSPS) is 20.0. The molecule has 1 aromatic heterocycles. The highest BCUT2D eigenvalue weighted by atomic mass is 35.5. The SMILES string of the molecule is CCN1CCCC1CNC(=O)c1cccnc1Cl. The van der Waals surface area contributed by atoms with Crippen molar-refractivity contribution in [3.8, 4) is 0 Å². The number of carbonyl (C=O) groups is 1. The highest BCUT2D eigenvalue weighted by molar-refractivity contribution is 6.32. The number of pyridine rings is 1. The first-order valence-corrected chi connectivity index (χ1v) is 6.73. The zero-order valence-electron chi connectivity index (χ0n) is 10.5. The van der Waals surface area contributed by atoms with Gasteiger partial charge in [-0.15, -0.1) is 0 Å². The van der Waals surface area contributed by atoms with Crippen LogP contribution in [0.1, 0.15) is 30.1 Å². The van der Waals surface area contributed by atoms with E-state index in [0.717, 1.165) is 19.5 Å². The zero-order chi connectivity index (χ0) is 13.0. The molecular formula is C13H18ClN3O. The maximum Gasteiger partial charge on any atom is 0.254 e. The first-order valence-electron chi connectivity index (χ1n) is 6.35. The maximum absolute atomic E-state index is 12.0. The van der Waals surface area contributed by atoms with Crippen molar-refractivity contribution in [1.82, 2.24) is 15.2 Å². The number of hydrogen-bond donors (Lipinski definition) is 1. The lowest BCUT2D eigenvalue weighted by Gasteiger charge is -2.22. The second kappa shape index (κ2) is 6.16. The molecule has 2 rings (SSSR count). The highest BCUT2D eigenvalue weighted by Crippen LogP contribution is 2.16. The minimum Gasteiger partial charge on any atom is -0.350 e. The fourth-order valence-corrected chi connectivity index (χ4v) is 2.61. The predicted molar refractivity (Wildman–Crippen MR) is 71.8 cm³/mol. The van der Waals surface area contributed by atoms with E-state index in [1.165, 1.54) is 6.42 Å². The molecular weight excluding hydrogens is 250 g/mol. The van der Waals surface area contributed by atoms with E-state index in [9.17, 15) is 4.79 Å². The Hall–Kier alpha value is -1.13. The van der Waals surface area contributed by atoms with Gasteiger partial charge in [0.25, 0.3) is 5.91 Å². The van der Waals surface area contributed by atoms with Gasteiger partial charge < -0.3 is 5.32 Å². The van der Waals surface area contributed by atoms with Crippen LogP contribution in [-0.2, 0) is 0 Å². The number of amides is 1. The number of rotatable bonds is 4. The Morgan fingerprint density at radius 2 is 2.50 bits per heavy atom. The van der Waals surface area contributed by atoms with Crippen LogP contribution in [0.4, 0.5) is 0 Å². The number of likely N-dealkylation sites (N-methyl/N-ethyl adjacent to an activating group) is 1. The molecule has 0 radical (unpaired) electrons. The lowest BCUT2D eigenvalue weighted by atomic mass is 10.2. The van der Waals surface area contributed by atoms with Crippen molar-refractivity contribution in [2.75, 3.05) is 19.6 Å². The third-order valence-electron chi connectivity index (χ3n) is 3.41. The van der Waals surface area contributed by atoms with E-state index in [2.05, 4.69) is 22.1 Å². The second-order valence-electron chi connectivity index (χ2n) is 4.48. The minimum absolute atomic E-state index is 0.143. The third-order valence-corrected chi connectivity index (χ3v) is 3.71. The summed E-state index contributed by atoms with van der Waals surface area (Å²) >= 11 is 5.89. The molecule has 5 heteroatoms. The molecule has 1 aliphatic rings. The highest BCUT2D eigenvalue weighted by Gasteiger charge is 2.23. The van der Waals surface area contributed by atoms with Crippen molar-refractivity contribution < 1.29 is 4.79 Å². The largest absolute Gasteiger partial charge is 0.350 e. The van der Waals surface area contributed by atoms with Gasteiger partial charge in [-0.2, -0.15) is 0 Å². The number of carbonyl (C=O) groups excluding carboxylic acids is 1. The Morgan fingerprint density at radius 3 is 3.22 bits per heavy atom. The van der Waals surface area contributed by atoms with Crippen LogP contribution in [0.3, 0.4) is 0 Å². The molecule has 18 heavy (non-hydrogen) atoms. The van der Waals surface area contributed by atoms with Crippen LogP contribution >= 0.6 is 11.6 Å². The summed E-state index contributed by atoms with van der Waals surface area (Å²) in [5.41, 5.74) is 0.445. The topological polar surface area (TPSA) is 45.2 Å². The Kier molecular flexibility index (Phi) is 4.55. The minimum atomic E-state index is -0.143. The molecule has 1 amide bonds. The third kappa shape index (κ3) is 3.00. The van der Waals surface area contributed by atoms with Crippen LogP contribution in [0, 0.1) is 0 Å². The van der Waals surface area contributed by atoms with Gasteiger partial charge in [-0.1, -0.05) is 18.5 Å². The fraction of sp³-hybridized carbons (Fsp3) is 0.538. The Morgan fingerprint density at radius 1 is 1.67 bits per heavy atom. The lowest BCUT2D eigenvalue weighted by molar-refractivity contribution is 0.0941. The zero-order valence-corrected chi connectivity index (χ0v) is 11.3.